The van der Waals surface area contributed by atoms with Gasteiger partial charge in [-0.2, -0.15) is 0 Å². The van der Waals surface area contributed by atoms with Crippen LogP contribution in [0.2, 0.25) is 0 Å². The van der Waals surface area contributed by atoms with E-state index in [2.05, 4.69) is 48.5 Å². The standard InChI is InChI=1S/C16H34O/c1-8-10-14(3)15(4,5)12-13-17-16(6,7)11-9-2/h14H,8-13H2,1-7H3. The van der Waals surface area contributed by atoms with Crippen molar-refractivity contribution in [1.29, 1.82) is 0 Å². The van der Waals surface area contributed by atoms with Crippen LogP contribution in [0.15, 0.2) is 0 Å². The molecule has 1 heteroatoms. The van der Waals surface area contributed by atoms with Gasteiger partial charge in [-0.3, -0.25) is 0 Å². The molecule has 0 aromatic heterocycles. The van der Waals surface area contributed by atoms with Crippen molar-refractivity contribution in [1.82, 2.24) is 0 Å². The monoisotopic (exact) mass is 242 g/mol. The Labute approximate surface area is 109 Å². The van der Waals surface area contributed by atoms with E-state index in [4.69, 9.17) is 4.74 Å². The first-order chi connectivity index (χ1) is 7.75. The molecule has 0 bridgehead atoms. The molecule has 0 N–H and O–H groups in total. The second-order valence-electron chi connectivity index (χ2n) is 6.79. The SMILES string of the molecule is CCCC(C)C(C)(C)CCOC(C)(C)CCC. The van der Waals surface area contributed by atoms with E-state index in [1.165, 1.54) is 25.7 Å². The maximum absolute atomic E-state index is 6.03. The Morgan fingerprint density at radius 3 is 2.00 bits per heavy atom. The van der Waals surface area contributed by atoms with Gasteiger partial charge >= 0.3 is 0 Å². The Bertz CT molecular complexity index is 194. The molecule has 104 valence electrons. The molecule has 0 heterocycles. The molecule has 0 aromatic rings. The van der Waals surface area contributed by atoms with Crippen molar-refractivity contribution in [3.63, 3.8) is 0 Å². The molecule has 0 aromatic carbocycles. The van der Waals surface area contributed by atoms with Crippen molar-refractivity contribution in [2.75, 3.05) is 6.61 Å². The van der Waals surface area contributed by atoms with Crippen molar-refractivity contribution in [3.05, 3.63) is 0 Å². The maximum Gasteiger partial charge on any atom is 0.0626 e. The van der Waals surface area contributed by atoms with Gasteiger partial charge in [0, 0.05) is 6.61 Å². The molecular formula is C16H34O. The van der Waals surface area contributed by atoms with Gasteiger partial charge in [0.25, 0.3) is 0 Å². The molecular weight excluding hydrogens is 208 g/mol. The highest BCUT2D eigenvalue weighted by molar-refractivity contribution is 4.76. The summed E-state index contributed by atoms with van der Waals surface area (Å²) in [5.74, 6) is 0.783. The van der Waals surface area contributed by atoms with Gasteiger partial charge in [0.15, 0.2) is 0 Å². The van der Waals surface area contributed by atoms with Crippen LogP contribution in [-0.4, -0.2) is 12.2 Å². The van der Waals surface area contributed by atoms with Crippen molar-refractivity contribution in [3.8, 4) is 0 Å². The molecule has 0 rings (SSSR count). The van der Waals surface area contributed by atoms with Gasteiger partial charge in [0.05, 0.1) is 5.60 Å². The summed E-state index contributed by atoms with van der Waals surface area (Å²) in [7, 11) is 0. The highest BCUT2D eigenvalue weighted by atomic mass is 16.5. The van der Waals surface area contributed by atoms with Crippen LogP contribution >= 0.6 is 0 Å². The van der Waals surface area contributed by atoms with Crippen LogP contribution in [-0.2, 0) is 4.74 Å². The van der Waals surface area contributed by atoms with E-state index in [0.29, 0.717) is 5.41 Å². The molecule has 1 atom stereocenters. The quantitative estimate of drug-likeness (QED) is 0.523. The number of ether oxygens (including phenoxy) is 1. The average molecular weight is 242 g/mol. The first-order valence-electron chi connectivity index (χ1n) is 7.39. The summed E-state index contributed by atoms with van der Waals surface area (Å²) in [5, 5.41) is 0. The second kappa shape index (κ2) is 7.41. The molecule has 0 spiro atoms. The Morgan fingerprint density at radius 1 is 0.941 bits per heavy atom. The largest absolute Gasteiger partial charge is 0.376 e. The molecule has 0 saturated carbocycles. The fraction of sp³-hybridized carbons (Fsp3) is 1.00. The molecule has 1 unspecified atom stereocenters. The van der Waals surface area contributed by atoms with Crippen LogP contribution in [0, 0.1) is 11.3 Å². The molecule has 0 aliphatic rings. The summed E-state index contributed by atoms with van der Waals surface area (Å²) in [5.41, 5.74) is 0.455. The Morgan fingerprint density at radius 2 is 1.53 bits per heavy atom. The summed E-state index contributed by atoms with van der Waals surface area (Å²) in [6, 6.07) is 0. The van der Waals surface area contributed by atoms with Gasteiger partial charge < -0.3 is 4.74 Å². The van der Waals surface area contributed by atoms with Gasteiger partial charge in [-0.25, -0.2) is 0 Å². The number of hydrogen-bond donors (Lipinski definition) is 0. The summed E-state index contributed by atoms with van der Waals surface area (Å²) in [6.45, 7) is 16.9. The lowest BCUT2D eigenvalue weighted by Gasteiger charge is -2.33. The van der Waals surface area contributed by atoms with Crippen LogP contribution in [0.3, 0.4) is 0 Å². The van der Waals surface area contributed by atoms with E-state index in [1.54, 1.807) is 0 Å². The van der Waals surface area contributed by atoms with Crippen LogP contribution in [0.4, 0.5) is 0 Å². The molecule has 0 radical (unpaired) electrons. The molecule has 0 aliphatic carbocycles. The van der Waals surface area contributed by atoms with E-state index in [9.17, 15) is 0 Å². The fourth-order valence-electron chi connectivity index (χ4n) is 2.33. The van der Waals surface area contributed by atoms with E-state index in [1.807, 2.05) is 0 Å². The summed E-state index contributed by atoms with van der Waals surface area (Å²) >= 11 is 0. The number of hydrogen-bond acceptors (Lipinski definition) is 1. The molecule has 0 saturated heterocycles. The molecule has 1 nitrogen and oxygen atoms in total. The lowest BCUT2D eigenvalue weighted by molar-refractivity contribution is -0.0393. The van der Waals surface area contributed by atoms with Gasteiger partial charge in [-0.1, -0.05) is 53.9 Å². The smallest absolute Gasteiger partial charge is 0.0626 e. The summed E-state index contributed by atoms with van der Waals surface area (Å²) in [4.78, 5) is 0. The summed E-state index contributed by atoms with van der Waals surface area (Å²) < 4.78 is 6.03. The Balaban J connectivity index is 4.01. The maximum atomic E-state index is 6.03. The lowest BCUT2D eigenvalue weighted by atomic mass is 9.75. The first kappa shape index (κ1) is 17.0. The topological polar surface area (TPSA) is 9.23 Å². The minimum absolute atomic E-state index is 0.0544. The molecule has 0 fully saturated rings. The number of rotatable bonds is 9. The highest BCUT2D eigenvalue weighted by Gasteiger charge is 2.26. The minimum atomic E-state index is 0.0544. The predicted molar refractivity (Wildman–Crippen MR) is 77.4 cm³/mol. The zero-order chi connectivity index (χ0) is 13.5. The predicted octanol–water partition coefficient (Wildman–Crippen LogP) is 5.43. The van der Waals surface area contributed by atoms with Crippen molar-refractivity contribution < 1.29 is 4.74 Å². The van der Waals surface area contributed by atoms with Gasteiger partial charge in [0.1, 0.15) is 0 Å². The first-order valence-corrected chi connectivity index (χ1v) is 7.39. The second-order valence-corrected chi connectivity index (χ2v) is 6.79. The van der Waals surface area contributed by atoms with Crippen molar-refractivity contribution >= 4 is 0 Å². The normalized spacial score (nSPS) is 15.0. The minimum Gasteiger partial charge on any atom is -0.376 e. The van der Waals surface area contributed by atoms with Crippen LogP contribution in [0.5, 0.6) is 0 Å². The zero-order valence-electron chi connectivity index (χ0n) is 13.2. The third-order valence-electron chi connectivity index (χ3n) is 4.15. The molecule has 0 aliphatic heterocycles. The lowest BCUT2D eigenvalue weighted by Crippen LogP contribution is -2.29. The fourth-order valence-corrected chi connectivity index (χ4v) is 2.33. The average Bonchev–Trinajstić information content (AvgIpc) is 2.17. The zero-order valence-corrected chi connectivity index (χ0v) is 13.2. The van der Waals surface area contributed by atoms with E-state index in [0.717, 1.165) is 18.9 Å². The summed E-state index contributed by atoms with van der Waals surface area (Å²) in [6.07, 6.45) is 6.13. The van der Waals surface area contributed by atoms with Crippen LogP contribution in [0.1, 0.15) is 80.6 Å². The van der Waals surface area contributed by atoms with Crippen LogP contribution < -0.4 is 0 Å². The molecule has 17 heavy (non-hydrogen) atoms. The molecule has 0 amide bonds. The van der Waals surface area contributed by atoms with E-state index in [-0.39, 0.29) is 5.60 Å². The van der Waals surface area contributed by atoms with Crippen LogP contribution in [0.25, 0.3) is 0 Å². The van der Waals surface area contributed by atoms with E-state index < -0.39 is 0 Å². The van der Waals surface area contributed by atoms with E-state index >= 15 is 0 Å². The van der Waals surface area contributed by atoms with Crippen molar-refractivity contribution in [2.24, 2.45) is 11.3 Å². The van der Waals surface area contributed by atoms with Crippen molar-refractivity contribution in [2.45, 2.75) is 86.2 Å². The third-order valence-corrected chi connectivity index (χ3v) is 4.15. The third kappa shape index (κ3) is 7.08. The Hall–Kier alpha value is -0.0400. The highest BCUT2D eigenvalue weighted by Crippen LogP contribution is 2.34. The van der Waals surface area contributed by atoms with Gasteiger partial charge in [-0.05, 0) is 38.0 Å². The van der Waals surface area contributed by atoms with Gasteiger partial charge in [0.2, 0.25) is 0 Å². The van der Waals surface area contributed by atoms with Gasteiger partial charge in [-0.15, -0.1) is 0 Å². The Kier molecular flexibility index (Phi) is 7.39.